The monoisotopic (exact) mass is 538 g/mol. The van der Waals surface area contributed by atoms with Gasteiger partial charge in [-0.1, -0.05) is 22.9 Å². The lowest BCUT2D eigenvalue weighted by Crippen LogP contribution is -2.37. The summed E-state index contributed by atoms with van der Waals surface area (Å²) in [4.78, 5) is 19.8. The summed E-state index contributed by atoms with van der Waals surface area (Å²) < 4.78 is 42.5. The maximum Gasteiger partial charge on any atom is 0.228 e. The Morgan fingerprint density at radius 1 is 1.20 bits per heavy atom. The van der Waals surface area contributed by atoms with Crippen LogP contribution in [0.4, 0.5) is 5.13 Å². The molecule has 35 heavy (non-hydrogen) atoms. The number of fused-ring (bicyclic) bond motifs is 1. The molecule has 3 aromatic rings. The lowest BCUT2D eigenvalue weighted by atomic mass is 10.2. The number of carbonyl (C=O) groups excluding carboxylic acids is 1. The van der Waals surface area contributed by atoms with Gasteiger partial charge < -0.3 is 14.2 Å². The molecule has 0 saturated carbocycles. The van der Waals surface area contributed by atoms with Gasteiger partial charge in [-0.05, 0) is 55.7 Å². The van der Waals surface area contributed by atoms with Crippen LogP contribution < -0.4 is 14.4 Å². The molecule has 1 aromatic heterocycles. The van der Waals surface area contributed by atoms with Crippen LogP contribution in [0.2, 0.25) is 5.02 Å². The largest absolute Gasteiger partial charge is 0.497 e. The first-order chi connectivity index (χ1) is 16.8. The van der Waals surface area contributed by atoms with Crippen molar-refractivity contribution in [2.24, 2.45) is 0 Å². The number of ether oxygens (including phenoxy) is 3. The minimum atomic E-state index is -3.53. The van der Waals surface area contributed by atoms with Gasteiger partial charge in [-0.3, -0.25) is 9.69 Å². The highest BCUT2D eigenvalue weighted by molar-refractivity contribution is 7.91. The summed E-state index contributed by atoms with van der Waals surface area (Å²) in [6.45, 7) is 1.01. The predicted molar refractivity (Wildman–Crippen MR) is 137 cm³/mol. The summed E-state index contributed by atoms with van der Waals surface area (Å²) in [6, 6.07) is 9.71. The lowest BCUT2D eigenvalue weighted by molar-refractivity contribution is -0.119. The summed E-state index contributed by atoms with van der Waals surface area (Å²) in [6.07, 6.45) is 1.94. The minimum absolute atomic E-state index is 0.0584. The molecule has 0 aliphatic carbocycles. The Hall–Kier alpha value is -2.40. The van der Waals surface area contributed by atoms with Gasteiger partial charge in [0.05, 0.1) is 47.2 Å². The summed E-state index contributed by atoms with van der Waals surface area (Å²) in [5.41, 5.74) is 0.590. The van der Waals surface area contributed by atoms with E-state index in [1.54, 1.807) is 36.3 Å². The first kappa shape index (κ1) is 25.7. The Morgan fingerprint density at radius 3 is 2.63 bits per heavy atom. The number of rotatable bonds is 10. The standard InChI is InChI=1S/C24H27ClN2O6S2/c1-31-16-7-9-18(10-8-16)35(29,30)14-4-6-21(28)27(15-17-5-3-13-33-17)24-26-22-20(32-2)12-11-19(25)23(22)34-24/h7-12,17H,3-6,13-15H2,1-2H3. The summed E-state index contributed by atoms with van der Waals surface area (Å²) >= 11 is 7.69. The number of sulfone groups is 1. The van der Waals surface area contributed by atoms with E-state index < -0.39 is 9.84 Å². The molecule has 1 aliphatic heterocycles. The molecule has 0 N–H and O–H groups in total. The van der Waals surface area contributed by atoms with Crippen molar-refractivity contribution < 1.29 is 27.4 Å². The number of halogens is 1. The molecule has 1 unspecified atom stereocenters. The average Bonchev–Trinajstić information content (AvgIpc) is 3.53. The molecule has 1 saturated heterocycles. The molecule has 11 heteroatoms. The van der Waals surface area contributed by atoms with Crippen molar-refractivity contribution in [3.63, 3.8) is 0 Å². The first-order valence-corrected chi connectivity index (χ1v) is 14.1. The maximum absolute atomic E-state index is 13.3. The number of methoxy groups -OCH3 is 2. The van der Waals surface area contributed by atoms with Crippen LogP contribution in [-0.4, -0.2) is 58.5 Å². The number of anilines is 1. The molecular formula is C24H27ClN2O6S2. The normalized spacial score (nSPS) is 15.9. The number of amides is 1. The Balaban J connectivity index is 1.51. The van der Waals surface area contributed by atoms with Crippen LogP contribution in [-0.2, 0) is 19.4 Å². The first-order valence-electron chi connectivity index (χ1n) is 11.2. The Bertz CT molecular complexity index is 1290. The Kier molecular flexibility index (Phi) is 8.16. The van der Waals surface area contributed by atoms with Crippen LogP contribution in [0.25, 0.3) is 10.2 Å². The van der Waals surface area contributed by atoms with Gasteiger partial charge in [-0.15, -0.1) is 0 Å². The molecule has 1 fully saturated rings. The van der Waals surface area contributed by atoms with Gasteiger partial charge >= 0.3 is 0 Å². The summed E-state index contributed by atoms with van der Waals surface area (Å²) in [5, 5.41) is 1.02. The van der Waals surface area contributed by atoms with Crippen molar-refractivity contribution in [3.05, 3.63) is 41.4 Å². The van der Waals surface area contributed by atoms with E-state index in [9.17, 15) is 13.2 Å². The van der Waals surface area contributed by atoms with Crippen molar-refractivity contribution in [1.29, 1.82) is 0 Å². The number of aromatic nitrogens is 1. The topological polar surface area (TPSA) is 95.0 Å². The predicted octanol–water partition coefficient (Wildman–Crippen LogP) is 4.73. The quantitative estimate of drug-likeness (QED) is 0.368. The number of hydrogen-bond acceptors (Lipinski definition) is 8. The third-order valence-corrected chi connectivity index (χ3v) is 9.19. The molecule has 2 heterocycles. The van der Waals surface area contributed by atoms with E-state index in [0.29, 0.717) is 40.3 Å². The highest BCUT2D eigenvalue weighted by Crippen LogP contribution is 2.39. The molecule has 0 bridgehead atoms. The molecule has 0 radical (unpaired) electrons. The molecule has 1 aliphatic rings. The van der Waals surface area contributed by atoms with Crippen LogP contribution in [0.3, 0.4) is 0 Å². The van der Waals surface area contributed by atoms with Crippen molar-refractivity contribution in [2.45, 2.75) is 36.7 Å². The van der Waals surface area contributed by atoms with Crippen molar-refractivity contribution >= 4 is 54.0 Å². The van der Waals surface area contributed by atoms with Gasteiger partial charge in [-0.2, -0.15) is 0 Å². The number of benzene rings is 2. The van der Waals surface area contributed by atoms with E-state index in [4.69, 9.17) is 25.8 Å². The summed E-state index contributed by atoms with van der Waals surface area (Å²) in [7, 11) is -0.450. The Labute approximate surface area is 213 Å². The zero-order valence-corrected chi connectivity index (χ0v) is 21.9. The highest BCUT2D eigenvalue weighted by Gasteiger charge is 2.27. The van der Waals surface area contributed by atoms with E-state index in [1.807, 2.05) is 0 Å². The lowest BCUT2D eigenvalue weighted by Gasteiger charge is -2.23. The van der Waals surface area contributed by atoms with E-state index in [0.717, 1.165) is 17.5 Å². The van der Waals surface area contributed by atoms with Crippen molar-refractivity contribution in [3.8, 4) is 11.5 Å². The van der Waals surface area contributed by atoms with Crippen LogP contribution >= 0.6 is 22.9 Å². The van der Waals surface area contributed by atoms with Gasteiger partial charge in [0.1, 0.15) is 17.0 Å². The third-order valence-electron chi connectivity index (χ3n) is 5.83. The molecule has 8 nitrogen and oxygen atoms in total. The minimum Gasteiger partial charge on any atom is -0.497 e. The van der Waals surface area contributed by atoms with E-state index in [-0.39, 0.29) is 35.5 Å². The molecule has 1 atom stereocenters. The second kappa shape index (κ2) is 11.1. The SMILES string of the molecule is COc1ccc(S(=O)(=O)CCCC(=O)N(CC2CCCO2)c2nc3c(OC)ccc(Cl)c3s2)cc1. The van der Waals surface area contributed by atoms with E-state index in [1.165, 1.54) is 30.6 Å². The third kappa shape index (κ3) is 5.88. The van der Waals surface area contributed by atoms with Crippen molar-refractivity contribution in [2.75, 3.05) is 38.0 Å². The fourth-order valence-electron chi connectivity index (χ4n) is 3.95. The second-order valence-corrected chi connectivity index (χ2v) is 11.7. The van der Waals surface area contributed by atoms with Gasteiger partial charge in [0, 0.05) is 13.0 Å². The van der Waals surface area contributed by atoms with Gasteiger partial charge in [0.15, 0.2) is 15.0 Å². The van der Waals surface area contributed by atoms with Crippen LogP contribution in [0.15, 0.2) is 41.3 Å². The van der Waals surface area contributed by atoms with Crippen LogP contribution in [0.5, 0.6) is 11.5 Å². The van der Waals surface area contributed by atoms with Crippen LogP contribution in [0, 0.1) is 0 Å². The van der Waals surface area contributed by atoms with E-state index in [2.05, 4.69) is 4.98 Å². The maximum atomic E-state index is 13.3. The zero-order valence-electron chi connectivity index (χ0n) is 19.5. The Morgan fingerprint density at radius 2 is 1.97 bits per heavy atom. The fraction of sp³-hybridized carbons (Fsp3) is 0.417. The van der Waals surface area contributed by atoms with E-state index >= 15 is 0 Å². The molecule has 0 spiro atoms. The smallest absolute Gasteiger partial charge is 0.228 e. The molecule has 4 rings (SSSR count). The second-order valence-electron chi connectivity index (χ2n) is 8.16. The fourth-order valence-corrected chi connectivity index (χ4v) is 6.54. The highest BCUT2D eigenvalue weighted by atomic mass is 35.5. The van der Waals surface area contributed by atoms with Crippen LogP contribution in [0.1, 0.15) is 25.7 Å². The molecule has 188 valence electrons. The molecule has 2 aromatic carbocycles. The van der Waals surface area contributed by atoms with Crippen molar-refractivity contribution in [1.82, 2.24) is 4.98 Å². The van der Waals surface area contributed by atoms with Gasteiger partial charge in [-0.25, -0.2) is 13.4 Å². The number of carbonyl (C=O) groups is 1. The number of hydrogen-bond donors (Lipinski definition) is 0. The number of nitrogens with zero attached hydrogens (tertiary/aromatic N) is 2. The molecule has 1 amide bonds. The average molecular weight is 539 g/mol. The zero-order chi connectivity index (χ0) is 25.0. The van der Waals surface area contributed by atoms with Gasteiger partial charge in [0.25, 0.3) is 0 Å². The molecular weight excluding hydrogens is 512 g/mol. The van der Waals surface area contributed by atoms with Gasteiger partial charge in [0.2, 0.25) is 5.91 Å². The number of thiazole rings is 1. The summed E-state index contributed by atoms with van der Waals surface area (Å²) in [5.74, 6) is 0.802.